The van der Waals surface area contributed by atoms with Crippen molar-refractivity contribution in [1.82, 2.24) is 10.6 Å². The Bertz CT molecular complexity index is 234. The molecule has 0 atom stereocenters. The fraction of sp³-hybridized carbons (Fsp3) is 0.500. The second-order valence-corrected chi connectivity index (χ2v) is 2.96. The van der Waals surface area contributed by atoms with Crippen molar-refractivity contribution in [2.75, 3.05) is 27.4 Å². The zero-order chi connectivity index (χ0) is 11.0. The van der Waals surface area contributed by atoms with Gasteiger partial charge in [0.1, 0.15) is 0 Å². The predicted molar refractivity (Wildman–Crippen MR) is 56.8 cm³/mol. The van der Waals surface area contributed by atoms with E-state index in [9.17, 15) is 4.79 Å². The van der Waals surface area contributed by atoms with Gasteiger partial charge in [-0.3, -0.25) is 0 Å². The molecule has 0 heterocycles. The molecule has 0 aromatic heterocycles. The van der Waals surface area contributed by atoms with Crippen molar-refractivity contribution >= 4 is 5.97 Å². The van der Waals surface area contributed by atoms with Crippen LogP contribution in [0.1, 0.15) is 6.92 Å². The van der Waals surface area contributed by atoms with Crippen molar-refractivity contribution in [1.29, 1.82) is 0 Å². The minimum Gasteiger partial charge on any atom is -0.465 e. The summed E-state index contributed by atoms with van der Waals surface area (Å²) in [6, 6.07) is 0. The summed E-state index contributed by atoms with van der Waals surface area (Å²) in [7, 11) is 3.20. The van der Waals surface area contributed by atoms with Crippen LogP contribution in [0, 0.1) is 0 Å². The van der Waals surface area contributed by atoms with E-state index in [4.69, 9.17) is 0 Å². The minimum atomic E-state index is -0.391. The van der Waals surface area contributed by atoms with Crippen LogP contribution in [-0.4, -0.2) is 33.3 Å². The molecule has 0 saturated carbocycles. The van der Waals surface area contributed by atoms with Gasteiger partial charge < -0.3 is 15.4 Å². The third kappa shape index (κ3) is 5.50. The molecule has 0 aliphatic rings. The van der Waals surface area contributed by atoms with Crippen LogP contribution in [-0.2, 0) is 9.53 Å². The molecule has 4 heteroatoms. The quantitative estimate of drug-likeness (QED) is 0.214. The molecule has 0 bridgehead atoms. The van der Waals surface area contributed by atoms with Crippen molar-refractivity contribution in [2.24, 2.45) is 0 Å². The molecule has 4 nitrogen and oxygen atoms in total. The molecular formula is C10H18N2O2. The lowest BCUT2D eigenvalue weighted by Crippen LogP contribution is -2.27. The standard InChI is InChI=1S/C10H18N2O2/c1-8(6-12-7-11-3)5-9(2)10(13)14-4/h5,11-12H,2,6-7H2,1,3-4H3/b8-5+. The van der Waals surface area contributed by atoms with Crippen LogP contribution in [0.2, 0.25) is 0 Å². The molecule has 0 aliphatic heterocycles. The molecule has 80 valence electrons. The summed E-state index contributed by atoms with van der Waals surface area (Å²) < 4.78 is 4.52. The monoisotopic (exact) mass is 198 g/mol. The molecule has 0 saturated heterocycles. The van der Waals surface area contributed by atoms with Gasteiger partial charge in [-0.05, 0) is 20.0 Å². The summed E-state index contributed by atoms with van der Waals surface area (Å²) in [5.41, 5.74) is 1.41. The van der Waals surface area contributed by atoms with Crippen molar-refractivity contribution in [3.05, 3.63) is 23.8 Å². The Morgan fingerprint density at radius 1 is 1.57 bits per heavy atom. The van der Waals surface area contributed by atoms with Crippen LogP contribution in [0.15, 0.2) is 23.8 Å². The Hall–Kier alpha value is -1.13. The van der Waals surface area contributed by atoms with Gasteiger partial charge in [-0.25, -0.2) is 4.79 Å². The van der Waals surface area contributed by atoms with E-state index in [1.165, 1.54) is 7.11 Å². The smallest absolute Gasteiger partial charge is 0.337 e. The Labute approximate surface area is 85.0 Å². The fourth-order valence-electron chi connectivity index (χ4n) is 0.923. The Morgan fingerprint density at radius 2 is 2.21 bits per heavy atom. The maximum absolute atomic E-state index is 11.0. The average molecular weight is 198 g/mol. The highest BCUT2D eigenvalue weighted by Crippen LogP contribution is 2.00. The number of ether oxygens (including phenoxy) is 1. The SMILES string of the molecule is C=C(/C=C(\C)CNCNC)C(=O)OC. The van der Waals surface area contributed by atoms with E-state index in [0.717, 1.165) is 18.8 Å². The average Bonchev–Trinajstić information content (AvgIpc) is 2.16. The van der Waals surface area contributed by atoms with Crippen LogP contribution in [0.3, 0.4) is 0 Å². The van der Waals surface area contributed by atoms with Gasteiger partial charge in [-0.15, -0.1) is 0 Å². The first-order valence-corrected chi connectivity index (χ1v) is 4.41. The molecule has 0 amide bonds. The van der Waals surface area contributed by atoms with Crippen LogP contribution in [0.5, 0.6) is 0 Å². The summed E-state index contributed by atoms with van der Waals surface area (Å²) in [4.78, 5) is 11.0. The van der Waals surface area contributed by atoms with Crippen LogP contribution in [0.4, 0.5) is 0 Å². The normalized spacial score (nSPS) is 11.2. The zero-order valence-corrected chi connectivity index (χ0v) is 9.02. The lowest BCUT2D eigenvalue weighted by atomic mass is 10.2. The molecule has 0 aliphatic carbocycles. The lowest BCUT2D eigenvalue weighted by Gasteiger charge is -2.04. The van der Waals surface area contributed by atoms with Crippen molar-refractivity contribution in [3.63, 3.8) is 0 Å². The molecule has 0 aromatic carbocycles. The van der Waals surface area contributed by atoms with Gasteiger partial charge >= 0.3 is 5.97 Å². The van der Waals surface area contributed by atoms with E-state index in [0.29, 0.717) is 5.57 Å². The predicted octanol–water partition coefficient (Wildman–Crippen LogP) is 0.428. The first kappa shape index (κ1) is 12.9. The number of carbonyl (C=O) groups excluding carboxylic acids is 1. The summed E-state index contributed by atoms with van der Waals surface area (Å²) in [5, 5.41) is 6.08. The molecule has 0 fully saturated rings. The highest BCUT2D eigenvalue weighted by Gasteiger charge is 2.02. The van der Waals surface area contributed by atoms with E-state index in [-0.39, 0.29) is 0 Å². The van der Waals surface area contributed by atoms with Crippen molar-refractivity contribution < 1.29 is 9.53 Å². The van der Waals surface area contributed by atoms with E-state index in [2.05, 4.69) is 21.9 Å². The molecule has 0 radical (unpaired) electrons. The number of hydrogen-bond acceptors (Lipinski definition) is 4. The molecule has 0 unspecified atom stereocenters. The van der Waals surface area contributed by atoms with E-state index in [1.807, 2.05) is 14.0 Å². The summed E-state index contributed by atoms with van der Waals surface area (Å²) in [6.07, 6.45) is 1.72. The summed E-state index contributed by atoms with van der Waals surface area (Å²) in [6.45, 7) is 6.98. The number of methoxy groups -OCH3 is 1. The highest BCUT2D eigenvalue weighted by molar-refractivity contribution is 5.90. The van der Waals surface area contributed by atoms with E-state index in [1.54, 1.807) is 6.08 Å². The van der Waals surface area contributed by atoms with E-state index >= 15 is 0 Å². The Morgan fingerprint density at radius 3 is 2.71 bits per heavy atom. The van der Waals surface area contributed by atoms with Crippen molar-refractivity contribution in [2.45, 2.75) is 6.92 Å². The fourth-order valence-corrected chi connectivity index (χ4v) is 0.923. The topological polar surface area (TPSA) is 50.4 Å². The highest BCUT2D eigenvalue weighted by atomic mass is 16.5. The largest absolute Gasteiger partial charge is 0.465 e. The van der Waals surface area contributed by atoms with Crippen LogP contribution >= 0.6 is 0 Å². The molecule has 2 N–H and O–H groups in total. The third-order valence-corrected chi connectivity index (χ3v) is 1.57. The van der Waals surface area contributed by atoms with Gasteiger partial charge in [0.15, 0.2) is 0 Å². The van der Waals surface area contributed by atoms with Crippen LogP contribution < -0.4 is 10.6 Å². The first-order chi connectivity index (χ1) is 6.61. The number of rotatable bonds is 6. The Balaban J connectivity index is 3.96. The maximum Gasteiger partial charge on any atom is 0.337 e. The second kappa shape index (κ2) is 7.29. The number of esters is 1. The summed E-state index contributed by atoms with van der Waals surface area (Å²) >= 11 is 0. The van der Waals surface area contributed by atoms with Gasteiger partial charge in [0.2, 0.25) is 0 Å². The third-order valence-electron chi connectivity index (χ3n) is 1.57. The first-order valence-electron chi connectivity index (χ1n) is 4.41. The lowest BCUT2D eigenvalue weighted by molar-refractivity contribution is -0.135. The molecule has 0 aromatic rings. The number of carbonyl (C=O) groups is 1. The molecule has 0 rings (SSSR count). The zero-order valence-electron chi connectivity index (χ0n) is 9.02. The summed E-state index contributed by atoms with van der Waals surface area (Å²) in [5.74, 6) is -0.391. The Kier molecular flexibility index (Phi) is 6.70. The van der Waals surface area contributed by atoms with Crippen molar-refractivity contribution in [3.8, 4) is 0 Å². The molecule has 14 heavy (non-hydrogen) atoms. The van der Waals surface area contributed by atoms with Gasteiger partial charge in [0.25, 0.3) is 0 Å². The minimum absolute atomic E-state index is 0.372. The van der Waals surface area contributed by atoms with Gasteiger partial charge in [0.05, 0.1) is 12.7 Å². The van der Waals surface area contributed by atoms with Gasteiger partial charge in [-0.1, -0.05) is 12.2 Å². The van der Waals surface area contributed by atoms with E-state index < -0.39 is 5.97 Å². The number of nitrogens with one attached hydrogen (secondary N) is 2. The molecular weight excluding hydrogens is 180 g/mol. The molecule has 0 spiro atoms. The van der Waals surface area contributed by atoms with Crippen LogP contribution in [0.25, 0.3) is 0 Å². The number of hydrogen-bond donors (Lipinski definition) is 2. The van der Waals surface area contributed by atoms with Gasteiger partial charge in [0, 0.05) is 13.2 Å². The van der Waals surface area contributed by atoms with Gasteiger partial charge in [-0.2, -0.15) is 0 Å². The second-order valence-electron chi connectivity index (χ2n) is 2.96. The maximum atomic E-state index is 11.0.